The summed E-state index contributed by atoms with van der Waals surface area (Å²) in [7, 11) is 1.58. The maximum absolute atomic E-state index is 12.7. The van der Waals surface area contributed by atoms with Crippen molar-refractivity contribution in [1.82, 2.24) is 20.4 Å². The molecule has 1 aromatic carbocycles. The van der Waals surface area contributed by atoms with E-state index in [1.807, 2.05) is 12.1 Å². The fourth-order valence-corrected chi connectivity index (χ4v) is 5.10. The number of nitrogens with one attached hydrogen (secondary N) is 2. The molecule has 3 aliphatic heterocycles. The molecular weight excluding hydrogens is 396 g/mol. The monoisotopic (exact) mass is 428 g/mol. The van der Waals surface area contributed by atoms with E-state index in [4.69, 9.17) is 4.74 Å². The molecule has 0 spiro atoms. The van der Waals surface area contributed by atoms with E-state index in [0.717, 1.165) is 12.0 Å². The van der Waals surface area contributed by atoms with Gasteiger partial charge in [-0.1, -0.05) is 18.6 Å². The molecule has 0 unspecified atom stereocenters. The molecule has 0 radical (unpaired) electrons. The zero-order chi connectivity index (χ0) is 21.8. The molecular formula is C23H32N4O4. The molecule has 3 heterocycles. The van der Waals surface area contributed by atoms with Crippen LogP contribution in [0.1, 0.15) is 44.1 Å². The second-order valence-corrected chi connectivity index (χ2v) is 8.78. The topological polar surface area (TPSA) is 91.0 Å². The summed E-state index contributed by atoms with van der Waals surface area (Å²) in [4.78, 5) is 41.3. The van der Waals surface area contributed by atoms with Crippen molar-refractivity contribution in [3.63, 3.8) is 0 Å². The van der Waals surface area contributed by atoms with Crippen LogP contribution in [0, 0.1) is 5.92 Å². The van der Waals surface area contributed by atoms with Crippen LogP contribution in [0.3, 0.4) is 0 Å². The van der Waals surface area contributed by atoms with Gasteiger partial charge in [-0.25, -0.2) is 4.79 Å². The number of carbonyl (C=O) groups excluding carboxylic acids is 3. The summed E-state index contributed by atoms with van der Waals surface area (Å²) in [5, 5.41) is 5.68. The molecule has 3 aliphatic rings. The van der Waals surface area contributed by atoms with Crippen molar-refractivity contribution in [1.29, 1.82) is 0 Å². The molecule has 168 valence electrons. The highest BCUT2D eigenvalue weighted by Crippen LogP contribution is 2.30. The van der Waals surface area contributed by atoms with Crippen LogP contribution in [0.2, 0.25) is 0 Å². The summed E-state index contributed by atoms with van der Waals surface area (Å²) in [6, 6.07) is 6.52. The van der Waals surface area contributed by atoms with E-state index in [-0.39, 0.29) is 24.8 Å². The van der Waals surface area contributed by atoms with Crippen molar-refractivity contribution in [3.8, 4) is 5.75 Å². The van der Waals surface area contributed by atoms with E-state index < -0.39 is 12.1 Å². The third-order valence-corrected chi connectivity index (χ3v) is 6.79. The Morgan fingerprint density at radius 3 is 2.68 bits per heavy atom. The van der Waals surface area contributed by atoms with E-state index >= 15 is 0 Å². The minimum atomic E-state index is -0.803. The number of carbonyl (C=O) groups is 3. The Hall–Kier alpha value is -2.61. The second-order valence-electron chi connectivity index (χ2n) is 8.78. The Balaban J connectivity index is 1.27. The quantitative estimate of drug-likeness (QED) is 0.647. The molecule has 4 rings (SSSR count). The Kier molecular flexibility index (Phi) is 6.75. The van der Waals surface area contributed by atoms with Crippen LogP contribution >= 0.6 is 0 Å². The molecule has 0 bridgehead atoms. The number of ether oxygens (including phenoxy) is 1. The van der Waals surface area contributed by atoms with Crippen molar-refractivity contribution in [2.45, 2.75) is 57.2 Å². The molecule has 2 N–H and O–H groups in total. The van der Waals surface area contributed by atoms with Gasteiger partial charge in [0.1, 0.15) is 11.8 Å². The minimum absolute atomic E-state index is 0.0230. The number of urea groups is 1. The molecule has 3 atom stereocenters. The molecule has 31 heavy (non-hydrogen) atoms. The molecule has 3 saturated heterocycles. The lowest BCUT2D eigenvalue weighted by Gasteiger charge is -2.44. The maximum atomic E-state index is 12.7. The molecule has 0 aliphatic carbocycles. The first-order chi connectivity index (χ1) is 15.0. The van der Waals surface area contributed by atoms with Crippen molar-refractivity contribution in [2.24, 2.45) is 5.92 Å². The standard InChI is InChI=1S/C23H32N4O4/c1-31-18-9-7-16(8-10-18)15-27-22(29)19(25-23(27)30)13-21(28)24-14-17-5-4-12-26-11-3-2-6-20(17)26/h7-10,17,19-20H,2-6,11-15H2,1H3,(H,24,28)(H,25,30)/t17-,19-,20-/m0/s1. The first kappa shape index (κ1) is 21.6. The van der Waals surface area contributed by atoms with Gasteiger partial charge < -0.3 is 20.3 Å². The van der Waals surface area contributed by atoms with Crippen molar-refractivity contribution in [3.05, 3.63) is 29.8 Å². The number of fused-ring (bicyclic) bond motifs is 1. The fraction of sp³-hybridized carbons (Fsp3) is 0.609. The summed E-state index contributed by atoms with van der Waals surface area (Å²) < 4.78 is 5.13. The SMILES string of the molecule is COc1ccc(CN2C(=O)N[C@@H](CC(=O)NC[C@@H]3CCCN4CCCC[C@@H]34)C2=O)cc1. The highest BCUT2D eigenvalue weighted by molar-refractivity contribution is 6.05. The lowest BCUT2D eigenvalue weighted by Crippen LogP contribution is -2.51. The summed E-state index contributed by atoms with van der Waals surface area (Å²) in [6.45, 7) is 3.15. The largest absolute Gasteiger partial charge is 0.497 e. The van der Waals surface area contributed by atoms with Crippen LogP contribution in [0.5, 0.6) is 5.75 Å². The van der Waals surface area contributed by atoms with Gasteiger partial charge >= 0.3 is 6.03 Å². The molecule has 1 aromatic rings. The zero-order valence-electron chi connectivity index (χ0n) is 18.1. The molecule has 8 nitrogen and oxygen atoms in total. The van der Waals surface area contributed by atoms with Gasteiger partial charge in [0.25, 0.3) is 5.91 Å². The highest BCUT2D eigenvalue weighted by atomic mass is 16.5. The number of hydrogen-bond donors (Lipinski definition) is 2. The van der Waals surface area contributed by atoms with Crippen molar-refractivity contribution < 1.29 is 19.1 Å². The lowest BCUT2D eigenvalue weighted by atomic mass is 9.83. The van der Waals surface area contributed by atoms with Gasteiger partial charge in [-0.15, -0.1) is 0 Å². The third kappa shape index (κ3) is 5.01. The third-order valence-electron chi connectivity index (χ3n) is 6.79. The van der Waals surface area contributed by atoms with Crippen LogP contribution in [0.4, 0.5) is 4.79 Å². The van der Waals surface area contributed by atoms with Gasteiger partial charge in [0.05, 0.1) is 20.1 Å². The Morgan fingerprint density at radius 2 is 1.90 bits per heavy atom. The van der Waals surface area contributed by atoms with E-state index in [9.17, 15) is 14.4 Å². The fourth-order valence-electron chi connectivity index (χ4n) is 5.10. The summed E-state index contributed by atoms with van der Waals surface area (Å²) in [5.74, 6) is 0.647. The smallest absolute Gasteiger partial charge is 0.325 e. The van der Waals surface area contributed by atoms with Crippen LogP contribution < -0.4 is 15.4 Å². The maximum Gasteiger partial charge on any atom is 0.325 e. The second kappa shape index (κ2) is 9.68. The number of hydrogen-bond acceptors (Lipinski definition) is 5. The van der Waals surface area contributed by atoms with E-state index in [1.165, 1.54) is 43.7 Å². The van der Waals surface area contributed by atoms with Gasteiger partial charge in [0.15, 0.2) is 0 Å². The van der Waals surface area contributed by atoms with Crippen LogP contribution in [0.15, 0.2) is 24.3 Å². The van der Waals surface area contributed by atoms with Crippen LogP contribution in [-0.2, 0) is 16.1 Å². The van der Waals surface area contributed by atoms with E-state index in [0.29, 0.717) is 24.3 Å². The predicted octanol–water partition coefficient (Wildman–Crippen LogP) is 1.89. The molecule has 0 aromatic heterocycles. The number of benzene rings is 1. The molecule has 3 fully saturated rings. The Labute approximate surface area is 183 Å². The first-order valence-corrected chi connectivity index (χ1v) is 11.3. The van der Waals surface area contributed by atoms with Gasteiger partial charge in [-0.05, 0) is 62.4 Å². The van der Waals surface area contributed by atoms with Crippen LogP contribution in [0.25, 0.3) is 0 Å². The van der Waals surface area contributed by atoms with Gasteiger partial charge in [-0.3, -0.25) is 14.5 Å². The molecule has 4 amide bonds. The number of imide groups is 1. The van der Waals surface area contributed by atoms with E-state index in [1.54, 1.807) is 19.2 Å². The van der Waals surface area contributed by atoms with Crippen molar-refractivity contribution in [2.75, 3.05) is 26.7 Å². The normalized spacial score (nSPS) is 26.4. The van der Waals surface area contributed by atoms with Gasteiger partial charge in [0.2, 0.25) is 5.91 Å². The lowest BCUT2D eigenvalue weighted by molar-refractivity contribution is -0.131. The highest BCUT2D eigenvalue weighted by Gasteiger charge is 2.39. The van der Waals surface area contributed by atoms with Gasteiger partial charge in [-0.2, -0.15) is 0 Å². The predicted molar refractivity (Wildman–Crippen MR) is 115 cm³/mol. The average molecular weight is 429 g/mol. The minimum Gasteiger partial charge on any atom is -0.497 e. The summed E-state index contributed by atoms with van der Waals surface area (Å²) >= 11 is 0. The Bertz CT molecular complexity index is 810. The number of rotatable bonds is 7. The molecule has 8 heteroatoms. The number of nitrogens with zero attached hydrogens (tertiary/aromatic N) is 2. The number of amides is 4. The Morgan fingerprint density at radius 1 is 1.13 bits per heavy atom. The van der Waals surface area contributed by atoms with Crippen LogP contribution in [-0.4, -0.2) is 66.5 Å². The summed E-state index contributed by atoms with van der Waals surface area (Å²) in [6.07, 6.45) is 6.03. The number of methoxy groups -OCH3 is 1. The van der Waals surface area contributed by atoms with Crippen molar-refractivity contribution >= 4 is 17.8 Å². The number of piperidine rings is 2. The molecule has 0 saturated carbocycles. The summed E-state index contributed by atoms with van der Waals surface area (Å²) in [5.41, 5.74) is 0.823. The zero-order valence-corrected chi connectivity index (χ0v) is 18.1. The van der Waals surface area contributed by atoms with E-state index in [2.05, 4.69) is 15.5 Å². The van der Waals surface area contributed by atoms with Gasteiger partial charge in [0, 0.05) is 12.6 Å². The first-order valence-electron chi connectivity index (χ1n) is 11.3. The average Bonchev–Trinajstić information content (AvgIpc) is 3.05.